The van der Waals surface area contributed by atoms with Crippen molar-refractivity contribution in [3.8, 4) is 0 Å². The van der Waals surface area contributed by atoms with Crippen molar-refractivity contribution < 1.29 is 24.2 Å². The highest BCUT2D eigenvalue weighted by Crippen LogP contribution is 2.33. The van der Waals surface area contributed by atoms with Crippen LogP contribution in [0.15, 0.2) is 42.5 Å². The van der Waals surface area contributed by atoms with Crippen LogP contribution in [0.4, 0.5) is 11.4 Å². The molecule has 9 nitrogen and oxygen atoms in total. The molecule has 2 aliphatic carbocycles. The van der Waals surface area contributed by atoms with Crippen LogP contribution in [0.2, 0.25) is 0 Å². The number of aryl methyl sites for hydroxylation is 2. The van der Waals surface area contributed by atoms with E-state index < -0.39 is 15.8 Å². The van der Waals surface area contributed by atoms with Gasteiger partial charge in [-0.25, -0.2) is 4.79 Å². The van der Waals surface area contributed by atoms with Crippen LogP contribution in [-0.4, -0.2) is 28.7 Å². The van der Waals surface area contributed by atoms with E-state index in [0.717, 1.165) is 54.4 Å². The van der Waals surface area contributed by atoms with E-state index in [9.17, 15) is 29.8 Å². The topological polar surface area (TPSA) is 130 Å². The Bertz CT molecular complexity index is 1120. The third kappa shape index (κ3) is 5.23. The van der Waals surface area contributed by atoms with Crippen LogP contribution in [0.25, 0.3) is 5.57 Å². The molecule has 0 spiro atoms. The molecule has 2 aromatic carbocycles. The summed E-state index contributed by atoms with van der Waals surface area (Å²) in [5.41, 5.74) is 4.16. The minimum absolute atomic E-state index is 0.000926. The lowest BCUT2D eigenvalue weighted by molar-refractivity contribution is -0.385. The number of rotatable bonds is 3. The number of ketones is 1. The molecule has 0 saturated heterocycles. The Kier molecular flexibility index (Phi) is 7.09. The highest BCUT2D eigenvalue weighted by atomic mass is 16.6. The predicted molar refractivity (Wildman–Crippen MR) is 116 cm³/mol. The molecule has 9 heteroatoms. The average molecular weight is 438 g/mol. The van der Waals surface area contributed by atoms with Gasteiger partial charge in [-0.15, -0.1) is 0 Å². The maximum absolute atomic E-state index is 11.4. The van der Waals surface area contributed by atoms with Crippen LogP contribution in [-0.2, 0) is 22.4 Å². The van der Waals surface area contributed by atoms with Crippen LogP contribution in [0.3, 0.4) is 0 Å². The fourth-order valence-electron chi connectivity index (χ4n) is 3.88. The number of nitro benzene ring substituents is 2. The smallest absolute Gasteiger partial charge is 0.330 e. The number of ether oxygens (including phenoxy) is 1. The van der Waals surface area contributed by atoms with Gasteiger partial charge in [-0.05, 0) is 54.4 Å². The second kappa shape index (κ2) is 9.95. The summed E-state index contributed by atoms with van der Waals surface area (Å²) in [7, 11) is 1.32. The number of esters is 1. The molecular formula is C23H22N2O7. The molecule has 4 rings (SSSR count). The molecule has 0 fully saturated rings. The maximum Gasteiger partial charge on any atom is 0.330 e. The van der Waals surface area contributed by atoms with Crippen molar-refractivity contribution in [2.45, 2.75) is 38.5 Å². The van der Waals surface area contributed by atoms with Gasteiger partial charge in [0.15, 0.2) is 5.78 Å². The van der Waals surface area contributed by atoms with Crippen molar-refractivity contribution in [2.24, 2.45) is 0 Å². The third-order valence-electron chi connectivity index (χ3n) is 5.49. The second-order valence-corrected chi connectivity index (χ2v) is 7.52. The molecule has 0 heterocycles. The van der Waals surface area contributed by atoms with Crippen LogP contribution < -0.4 is 0 Å². The normalized spacial score (nSPS) is 15.7. The van der Waals surface area contributed by atoms with Crippen LogP contribution >= 0.6 is 0 Å². The fraction of sp³-hybridized carbons (Fsp3) is 0.304. The van der Waals surface area contributed by atoms with Gasteiger partial charge in [-0.1, -0.05) is 12.1 Å². The van der Waals surface area contributed by atoms with E-state index in [1.165, 1.54) is 37.5 Å². The van der Waals surface area contributed by atoms with Gasteiger partial charge in [0.25, 0.3) is 11.4 Å². The Morgan fingerprint density at radius 2 is 1.41 bits per heavy atom. The zero-order chi connectivity index (χ0) is 23.3. The first-order valence-corrected chi connectivity index (χ1v) is 10.2. The number of non-ortho nitro benzene ring substituents is 2. The molecule has 0 atom stereocenters. The van der Waals surface area contributed by atoms with Gasteiger partial charge in [-0.2, -0.15) is 0 Å². The van der Waals surface area contributed by atoms with Crippen molar-refractivity contribution in [2.75, 3.05) is 7.11 Å². The first-order valence-electron chi connectivity index (χ1n) is 10.2. The minimum Gasteiger partial charge on any atom is -0.466 e. The van der Waals surface area contributed by atoms with E-state index in [0.29, 0.717) is 12.0 Å². The van der Waals surface area contributed by atoms with Gasteiger partial charge in [0.1, 0.15) is 0 Å². The number of benzene rings is 2. The van der Waals surface area contributed by atoms with Crippen LogP contribution in [0.1, 0.15) is 52.7 Å². The van der Waals surface area contributed by atoms with Gasteiger partial charge in [0.2, 0.25) is 0 Å². The fourth-order valence-corrected chi connectivity index (χ4v) is 3.88. The lowest BCUT2D eigenvalue weighted by Gasteiger charge is -2.18. The summed E-state index contributed by atoms with van der Waals surface area (Å²) in [6, 6.07) is 9.32. The minimum atomic E-state index is -0.470. The molecule has 32 heavy (non-hydrogen) atoms. The molecule has 2 aliphatic rings. The highest BCUT2D eigenvalue weighted by molar-refractivity contribution is 5.99. The zero-order valence-corrected chi connectivity index (χ0v) is 17.5. The summed E-state index contributed by atoms with van der Waals surface area (Å²) in [5, 5.41) is 21.3. The summed E-state index contributed by atoms with van der Waals surface area (Å²) >= 11 is 0. The molecule has 0 unspecified atom stereocenters. The average Bonchev–Trinajstić information content (AvgIpc) is 2.79. The molecule has 0 bridgehead atoms. The Hall–Kier alpha value is -3.88. The van der Waals surface area contributed by atoms with E-state index in [1.54, 1.807) is 12.1 Å². The SMILES string of the molecule is COC(=O)/C=C1\CCCc2ccc([N+](=O)[O-])cc21.O=C1CCCc2ccc([N+](=O)[O-])cc21. The van der Waals surface area contributed by atoms with Gasteiger partial charge < -0.3 is 4.74 Å². The van der Waals surface area contributed by atoms with Crippen molar-refractivity contribution in [3.63, 3.8) is 0 Å². The first-order chi connectivity index (χ1) is 15.3. The van der Waals surface area contributed by atoms with Gasteiger partial charge in [0.05, 0.1) is 17.0 Å². The Labute approximate surface area is 184 Å². The van der Waals surface area contributed by atoms with Crippen LogP contribution in [0.5, 0.6) is 0 Å². The molecule has 0 amide bonds. The number of hydrogen-bond donors (Lipinski definition) is 0. The molecular weight excluding hydrogens is 416 g/mol. The number of allylic oxidation sites excluding steroid dienone is 1. The lowest BCUT2D eigenvalue weighted by Crippen LogP contribution is -2.10. The second-order valence-electron chi connectivity index (χ2n) is 7.52. The van der Waals surface area contributed by atoms with E-state index in [-0.39, 0.29) is 17.2 Å². The molecule has 0 saturated carbocycles. The number of carbonyl (C=O) groups is 2. The largest absolute Gasteiger partial charge is 0.466 e. The van der Waals surface area contributed by atoms with Crippen molar-refractivity contribution in [1.29, 1.82) is 0 Å². The molecule has 2 aromatic rings. The van der Waals surface area contributed by atoms with E-state index in [1.807, 2.05) is 0 Å². The Balaban J connectivity index is 0.000000186. The van der Waals surface area contributed by atoms with Gasteiger partial charge in [-0.3, -0.25) is 25.0 Å². The molecule has 0 aliphatic heterocycles. The van der Waals surface area contributed by atoms with Crippen LogP contribution in [0, 0.1) is 20.2 Å². The van der Waals surface area contributed by atoms with E-state index >= 15 is 0 Å². The number of nitrogens with zero attached hydrogens (tertiary/aromatic N) is 2. The summed E-state index contributed by atoms with van der Waals surface area (Å²) in [4.78, 5) is 43.1. The molecule has 0 radical (unpaired) electrons. The van der Waals surface area contributed by atoms with Crippen molar-refractivity contribution in [3.05, 3.63) is 85.0 Å². The Morgan fingerprint density at radius 3 is 1.97 bits per heavy atom. The summed E-state index contributed by atoms with van der Waals surface area (Å²) in [6.45, 7) is 0. The summed E-state index contributed by atoms with van der Waals surface area (Å²) in [5.74, 6) is -0.403. The maximum atomic E-state index is 11.4. The summed E-state index contributed by atoms with van der Waals surface area (Å²) in [6.07, 6.45) is 6.18. The highest BCUT2D eigenvalue weighted by Gasteiger charge is 2.20. The quantitative estimate of drug-likeness (QED) is 0.296. The number of fused-ring (bicyclic) bond motifs is 2. The standard InChI is InChI=1S/C13H13NO4.C10H9NO3/c1-18-13(15)7-10-4-2-3-9-5-6-11(14(16)17)8-12(9)10;12-10-3-1-2-7-4-5-8(11(13)14)6-9(7)10/h5-8H,2-4H2,1H3;4-6H,1-3H2/b10-7+;. The van der Waals surface area contributed by atoms with Crippen molar-refractivity contribution in [1.82, 2.24) is 0 Å². The number of hydrogen-bond acceptors (Lipinski definition) is 7. The predicted octanol–water partition coefficient (Wildman–Crippen LogP) is 4.60. The van der Waals surface area contributed by atoms with E-state index in [2.05, 4.69) is 4.74 Å². The van der Waals surface area contributed by atoms with E-state index in [4.69, 9.17) is 0 Å². The molecule has 0 aromatic heterocycles. The first kappa shape index (κ1) is 22.8. The number of methoxy groups -OCH3 is 1. The zero-order valence-electron chi connectivity index (χ0n) is 17.5. The number of nitro groups is 2. The number of carbonyl (C=O) groups excluding carboxylic acids is 2. The monoisotopic (exact) mass is 438 g/mol. The lowest BCUT2D eigenvalue weighted by atomic mass is 9.87. The van der Waals surface area contributed by atoms with Crippen molar-refractivity contribution >= 4 is 28.7 Å². The van der Waals surface area contributed by atoms with Gasteiger partial charge >= 0.3 is 5.97 Å². The number of Topliss-reactive ketones (excluding diaryl/α,β-unsaturated/α-hetero) is 1. The molecule has 0 N–H and O–H groups in total. The summed E-state index contributed by atoms with van der Waals surface area (Å²) < 4.78 is 4.60. The van der Waals surface area contributed by atoms with Gasteiger partial charge in [0, 0.05) is 42.3 Å². The Morgan fingerprint density at radius 1 is 0.875 bits per heavy atom. The molecule has 166 valence electrons. The third-order valence-corrected chi connectivity index (χ3v) is 5.49.